The average molecular weight is 378 g/mol. The molecule has 0 bridgehead atoms. The molecule has 0 radical (unpaired) electrons. The molecule has 0 saturated carbocycles. The molecule has 1 fully saturated rings. The molecule has 2 aromatic rings. The second kappa shape index (κ2) is 7.98. The summed E-state index contributed by atoms with van der Waals surface area (Å²) in [7, 11) is 3.84. The first-order valence-electron chi connectivity index (χ1n) is 9.37. The fourth-order valence-electron chi connectivity index (χ4n) is 3.54. The summed E-state index contributed by atoms with van der Waals surface area (Å²) < 4.78 is 0. The zero-order chi connectivity index (χ0) is 20.4. The SMILES string of the molecule is Cc1ccc(C)c(C(O)=C2C(=O)C(=O)N(CCN(C)C)C2c2ccccc2)c1. The number of hydrogen-bond acceptors (Lipinski definition) is 4. The van der Waals surface area contributed by atoms with Crippen LogP contribution in [-0.2, 0) is 9.59 Å². The molecule has 5 nitrogen and oxygen atoms in total. The topological polar surface area (TPSA) is 60.9 Å². The molecule has 1 N–H and O–H groups in total. The van der Waals surface area contributed by atoms with Crippen LogP contribution in [-0.4, -0.2) is 53.8 Å². The second-order valence-corrected chi connectivity index (χ2v) is 7.52. The second-order valence-electron chi connectivity index (χ2n) is 7.52. The van der Waals surface area contributed by atoms with Crippen molar-refractivity contribution in [3.63, 3.8) is 0 Å². The number of aliphatic hydroxyl groups is 1. The van der Waals surface area contributed by atoms with Crippen LogP contribution in [0.25, 0.3) is 5.76 Å². The van der Waals surface area contributed by atoms with Crippen molar-refractivity contribution in [1.82, 2.24) is 9.80 Å². The third kappa shape index (κ3) is 3.71. The Bertz CT molecular complexity index is 932. The van der Waals surface area contributed by atoms with Crippen LogP contribution < -0.4 is 0 Å². The highest BCUT2D eigenvalue weighted by Crippen LogP contribution is 2.39. The monoisotopic (exact) mass is 378 g/mol. The van der Waals surface area contributed by atoms with E-state index in [-0.39, 0.29) is 11.3 Å². The minimum absolute atomic E-state index is 0.110. The quantitative estimate of drug-likeness (QED) is 0.493. The van der Waals surface area contributed by atoms with Crippen LogP contribution in [0.3, 0.4) is 0 Å². The predicted molar refractivity (Wildman–Crippen MR) is 110 cm³/mol. The molecular weight excluding hydrogens is 352 g/mol. The average Bonchev–Trinajstić information content (AvgIpc) is 2.93. The number of ketones is 1. The Kier molecular flexibility index (Phi) is 5.66. The molecule has 2 aromatic carbocycles. The number of Topliss-reactive ketones (excluding diaryl/α,β-unsaturated/α-hetero) is 1. The molecule has 1 unspecified atom stereocenters. The van der Waals surface area contributed by atoms with Gasteiger partial charge >= 0.3 is 0 Å². The Hall–Kier alpha value is -2.92. The Balaban J connectivity index is 2.18. The first-order chi connectivity index (χ1) is 13.3. The van der Waals surface area contributed by atoms with Gasteiger partial charge in [0.15, 0.2) is 0 Å². The molecule has 5 heteroatoms. The highest BCUT2D eigenvalue weighted by molar-refractivity contribution is 6.46. The molecular formula is C23H26N2O3. The smallest absolute Gasteiger partial charge is 0.295 e. The maximum absolute atomic E-state index is 12.9. The van der Waals surface area contributed by atoms with E-state index >= 15 is 0 Å². The number of rotatable bonds is 5. The summed E-state index contributed by atoms with van der Waals surface area (Å²) in [5, 5.41) is 11.1. The van der Waals surface area contributed by atoms with Crippen molar-refractivity contribution in [1.29, 1.82) is 0 Å². The fourth-order valence-corrected chi connectivity index (χ4v) is 3.54. The maximum atomic E-state index is 12.9. The van der Waals surface area contributed by atoms with Gasteiger partial charge in [0.25, 0.3) is 11.7 Å². The van der Waals surface area contributed by atoms with E-state index in [0.29, 0.717) is 18.7 Å². The van der Waals surface area contributed by atoms with Crippen molar-refractivity contribution >= 4 is 17.4 Å². The van der Waals surface area contributed by atoms with Gasteiger partial charge in [-0.1, -0.05) is 48.0 Å². The highest BCUT2D eigenvalue weighted by atomic mass is 16.3. The zero-order valence-electron chi connectivity index (χ0n) is 16.8. The van der Waals surface area contributed by atoms with Crippen molar-refractivity contribution < 1.29 is 14.7 Å². The van der Waals surface area contributed by atoms with Gasteiger partial charge in [0, 0.05) is 18.7 Å². The van der Waals surface area contributed by atoms with E-state index in [1.807, 2.05) is 81.4 Å². The molecule has 1 aliphatic rings. The maximum Gasteiger partial charge on any atom is 0.295 e. The van der Waals surface area contributed by atoms with Crippen LogP contribution in [0.4, 0.5) is 0 Å². The Morgan fingerprint density at radius 1 is 1.07 bits per heavy atom. The van der Waals surface area contributed by atoms with Gasteiger partial charge in [-0.3, -0.25) is 9.59 Å². The molecule has 28 heavy (non-hydrogen) atoms. The molecule has 3 rings (SSSR count). The summed E-state index contributed by atoms with van der Waals surface area (Å²) in [5.74, 6) is -1.31. The van der Waals surface area contributed by atoms with Crippen LogP contribution in [0.2, 0.25) is 0 Å². The lowest BCUT2D eigenvalue weighted by atomic mass is 9.93. The third-order valence-corrected chi connectivity index (χ3v) is 5.09. The van der Waals surface area contributed by atoms with Crippen molar-refractivity contribution in [2.45, 2.75) is 19.9 Å². The van der Waals surface area contributed by atoms with E-state index in [1.165, 1.54) is 0 Å². The van der Waals surface area contributed by atoms with Crippen LogP contribution in [0.15, 0.2) is 54.1 Å². The number of carbonyl (C=O) groups excluding carboxylic acids is 2. The van der Waals surface area contributed by atoms with Gasteiger partial charge in [0.2, 0.25) is 0 Å². The number of hydrogen-bond donors (Lipinski definition) is 1. The number of aliphatic hydroxyl groups excluding tert-OH is 1. The minimum atomic E-state index is -0.633. The van der Waals surface area contributed by atoms with Gasteiger partial charge in [0.05, 0.1) is 11.6 Å². The first-order valence-corrected chi connectivity index (χ1v) is 9.37. The van der Waals surface area contributed by atoms with E-state index in [2.05, 4.69) is 0 Å². The number of likely N-dealkylation sites (N-methyl/N-ethyl adjacent to an activating group) is 1. The lowest BCUT2D eigenvalue weighted by Crippen LogP contribution is -2.35. The highest BCUT2D eigenvalue weighted by Gasteiger charge is 2.45. The predicted octanol–water partition coefficient (Wildman–Crippen LogP) is 3.29. The van der Waals surface area contributed by atoms with Crippen LogP contribution in [0.5, 0.6) is 0 Å². The van der Waals surface area contributed by atoms with Gasteiger partial charge in [-0.2, -0.15) is 0 Å². The summed E-state index contributed by atoms with van der Waals surface area (Å²) in [6.07, 6.45) is 0. The summed E-state index contributed by atoms with van der Waals surface area (Å²) in [4.78, 5) is 29.3. The molecule has 1 heterocycles. The van der Waals surface area contributed by atoms with Gasteiger partial charge in [-0.15, -0.1) is 0 Å². The third-order valence-electron chi connectivity index (χ3n) is 5.09. The number of benzene rings is 2. The largest absolute Gasteiger partial charge is 0.507 e. The zero-order valence-corrected chi connectivity index (χ0v) is 16.8. The minimum Gasteiger partial charge on any atom is -0.507 e. The fraction of sp³-hybridized carbons (Fsp3) is 0.304. The number of likely N-dealkylation sites (tertiary alicyclic amines) is 1. The lowest BCUT2D eigenvalue weighted by molar-refractivity contribution is -0.140. The van der Waals surface area contributed by atoms with Crippen molar-refractivity contribution in [2.24, 2.45) is 0 Å². The van der Waals surface area contributed by atoms with E-state index in [0.717, 1.165) is 16.7 Å². The van der Waals surface area contributed by atoms with Crippen LogP contribution in [0, 0.1) is 13.8 Å². The Morgan fingerprint density at radius 2 is 1.75 bits per heavy atom. The lowest BCUT2D eigenvalue weighted by Gasteiger charge is -2.26. The number of aryl methyl sites for hydroxylation is 2. The summed E-state index contributed by atoms with van der Waals surface area (Å²) in [6, 6.07) is 14.5. The summed E-state index contributed by atoms with van der Waals surface area (Å²) in [5.41, 5.74) is 3.39. The van der Waals surface area contributed by atoms with Gasteiger partial charge in [0.1, 0.15) is 5.76 Å². The molecule has 1 atom stereocenters. The number of amides is 1. The van der Waals surface area contributed by atoms with E-state index in [4.69, 9.17) is 0 Å². The molecule has 1 aliphatic heterocycles. The van der Waals surface area contributed by atoms with E-state index in [9.17, 15) is 14.7 Å². The van der Waals surface area contributed by atoms with Crippen LogP contribution >= 0.6 is 0 Å². The van der Waals surface area contributed by atoms with Crippen molar-refractivity contribution in [2.75, 3.05) is 27.2 Å². The molecule has 0 aliphatic carbocycles. The van der Waals surface area contributed by atoms with Gasteiger partial charge in [-0.05, 0) is 45.1 Å². The van der Waals surface area contributed by atoms with Gasteiger partial charge in [-0.25, -0.2) is 0 Å². The molecule has 1 amide bonds. The standard InChI is InChI=1S/C23H26N2O3/c1-15-10-11-16(2)18(14-15)21(26)19-20(17-8-6-5-7-9-17)25(13-12-24(3)4)23(28)22(19)27/h5-11,14,20,26H,12-13H2,1-4H3. The summed E-state index contributed by atoms with van der Waals surface area (Å²) >= 11 is 0. The Labute approximate surface area is 165 Å². The number of carbonyl (C=O) groups is 2. The van der Waals surface area contributed by atoms with E-state index < -0.39 is 17.7 Å². The Morgan fingerprint density at radius 3 is 2.39 bits per heavy atom. The normalized spacial score (nSPS) is 18.9. The number of nitrogens with zero attached hydrogens (tertiary/aromatic N) is 2. The van der Waals surface area contributed by atoms with Crippen molar-refractivity contribution in [3.8, 4) is 0 Å². The molecule has 1 saturated heterocycles. The van der Waals surface area contributed by atoms with E-state index in [1.54, 1.807) is 4.90 Å². The summed E-state index contributed by atoms with van der Waals surface area (Å²) in [6.45, 7) is 4.84. The van der Waals surface area contributed by atoms with Gasteiger partial charge < -0.3 is 14.9 Å². The molecule has 146 valence electrons. The molecule has 0 spiro atoms. The van der Waals surface area contributed by atoms with Crippen LogP contribution in [0.1, 0.15) is 28.3 Å². The van der Waals surface area contributed by atoms with Crippen molar-refractivity contribution in [3.05, 3.63) is 76.4 Å². The molecule has 0 aromatic heterocycles. The first kappa shape index (κ1) is 19.8.